The van der Waals surface area contributed by atoms with E-state index in [0.717, 1.165) is 15.8 Å². The molecule has 0 N–H and O–H groups in total. The summed E-state index contributed by atoms with van der Waals surface area (Å²) in [6.45, 7) is 13.1. The van der Waals surface area contributed by atoms with Crippen LogP contribution in [-0.4, -0.2) is 77.1 Å². The SMILES string of the molecule is [2H]CC(C)(C)C(=O)OC[C@H]1OC(Oc2nn(C(=O)OCc3ccccc3)c(C(C)C)c2Cc2ccccc2)[C@H](OC(=O)C(C)(C)C[2H])[C@@H](OC(=O)C(C)(C)C[2H])[C@@H]1OC(=O)C(C)(C)C[2H]. The first-order valence-corrected chi connectivity index (χ1v) is 20.1. The van der Waals surface area contributed by atoms with Crippen molar-refractivity contribution in [1.29, 1.82) is 0 Å². The van der Waals surface area contributed by atoms with Crippen LogP contribution in [0, 0.1) is 21.7 Å². The maximum atomic E-state index is 14.0. The monoisotopic (exact) mass is 852 g/mol. The van der Waals surface area contributed by atoms with E-state index < -0.39 is 110 Å². The van der Waals surface area contributed by atoms with Gasteiger partial charge in [-0.25, -0.2) is 4.79 Å². The van der Waals surface area contributed by atoms with Gasteiger partial charge in [0.2, 0.25) is 18.3 Å². The van der Waals surface area contributed by atoms with Crippen LogP contribution in [0.1, 0.15) is 131 Å². The van der Waals surface area contributed by atoms with E-state index in [9.17, 15) is 24.0 Å². The molecule has 2 heterocycles. The number of hydrogen-bond donors (Lipinski definition) is 0. The second-order valence-electron chi connectivity index (χ2n) is 18.3. The van der Waals surface area contributed by atoms with Crippen LogP contribution in [0.3, 0.4) is 0 Å². The summed E-state index contributed by atoms with van der Waals surface area (Å²) >= 11 is 0. The van der Waals surface area contributed by atoms with Crippen molar-refractivity contribution in [3.63, 3.8) is 0 Å². The molecule has 2 aromatic carbocycles. The highest BCUT2D eigenvalue weighted by Gasteiger charge is 2.56. The van der Waals surface area contributed by atoms with Crippen LogP contribution in [0.15, 0.2) is 60.7 Å². The second kappa shape index (κ2) is 19.2. The Labute approximate surface area is 365 Å². The largest absolute Gasteiger partial charge is 0.462 e. The molecular formula is C47H64N2O12. The Morgan fingerprint density at radius 1 is 0.672 bits per heavy atom. The van der Waals surface area contributed by atoms with E-state index in [-0.39, 0.29) is 31.7 Å². The Morgan fingerprint density at radius 3 is 1.66 bits per heavy atom. The minimum Gasteiger partial charge on any atom is -0.462 e. The molecule has 334 valence electrons. The highest BCUT2D eigenvalue weighted by molar-refractivity contribution is 5.78. The summed E-state index contributed by atoms with van der Waals surface area (Å²) in [7, 11) is 0. The number of esters is 4. The highest BCUT2D eigenvalue weighted by Crippen LogP contribution is 2.38. The van der Waals surface area contributed by atoms with Gasteiger partial charge in [0.1, 0.15) is 19.3 Å². The van der Waals surface area contributed by atoms with Gasteiger partial charge in [-0.1, -0.05) is 74.5 Å². The molecule has 1 saturated heterocycles. The van der Waals surface area contributed by atoms with Crippen molar-refractivity contribution in [2.45, 2.75) is 146 Å². The molecule has 0 spiro atoms. The minimum absolute atomic E-state index is 0.0763. The Hall–Kier alpha value is -5.24. The molecule has 1 aliphatic rings. The van der Waals surface area contributed by atoms with Gasteiger partial charge in [-0.15, -0.1) is 5.10 Å². The molecule has 5 atom stereocenters. The number of carbonyl (C=O) groups excluding carboxylic acids is 5. The van der Waals surface area contributed by atoms with E-state index in [4.69, 9.17) is 38.6 Å². The molecule has 0 bridgehead atoms. The molecule has 1 unspecified atom stereocenters. The molecule has 14 heteroatoms. The van der Waals surface area contributed by atoms with Gasteiger partial charge in [-0.2, -0.15) is 4.68 Å². The number of rotatable bonds is 12. The molecule has 1 fully saturated rings. The topological polar surface area (TPSA) is 168 Å². The lowest BCUT2D eigenvalue weighted by molar-refractivity contribution is -0.294. The predicted octanol–water partition coefficient (Wildman–Crippen LogP) is 8.35. The number of ether oxygens (including phenoxy) is 7. The molecule has 14 nitrogen and oxygen atoms in total. The predicted molar refractivity (Wildman–Crippen MR) is 225 cm³/mol. The number of benzene rings is 2. The van der Waals surface area contributed by atoms with Gasteiger partial charge in [0, 0.05) is 17.5 Å². The second-order valence-corrected chi connectivity index (χ2v) is 18.3. The summed E-state index contributed by atoms with van der Waals surface area (Å²) in [5, 5.41) is 4.63. The first kappa shape index (κ1) is 42.5. The van der Waals surface area contributed by atoms with Crippen LogP contribution in [0.2, 0.25) is 0 Å². The van der Waals surface area contributed by atoms with Crippen LogP contribution in [0.25, 0.3) is 0 Å². The van der Waals surface area contributed by atoms with Crippen molar-refractivity contribution in [3.8, 4) is 5.88 Å². The van der Waals surface area contributed by atoms with Gasteiger partial charge in [0.15, 0.2) is 12.2 Å². The number of hydrogen-bond acceptors (Lipinski definition) is 13. The lowest BCUT2D eigenvalue weighted by Crippen LogP contribution is -2.65. The lowest BCUT2D eigenvalue weighted by atomic mass is 9.93. The average molecular weight is 853 g/mol. The number of carbonyl (C=O) groups is 5. The zero-order chi connectivity index (χ0) is 48.5. The molecular weight excluding hydrogens is 785 g/mol. The van der Waals surface area contributed by atoms with E-state index in [1.807, 2.05) is 62.4 Å². The molecule has 0 radical (unpaired) electrons. The van der Waals surface area contributed by atoms with Gasteiger partial charge in [0.25, 0.3) is 0 Å². The Balaban J connectivity index is 1.98. The molecule has 61 heavy (non-hydrogen) atoms. The number of nitrogens with zero attached hydrogens (tertiary/aromatic N) is 2. The highest BCUT2D eigenvalue weighted by atomic mass is 16.7. The van der Waals surface area contributed by atoms with Gasteiger partial charge in [-0.3, -0.25) is 19.2 Å². The molecule has 3 aromatic rings. The van der Waals surface area contributed by atoms with E-state index in [2.05, 4.69) is 5.10 Å². The lowest BCUT2D eigenvalue weighted by Gasteiger charge is -2.45. The van der Waals surface area contributed by atoms with Gasteiger partial charge >= 0.3 is 30.0 Å². The summed E-state index contributed by atoms with van der Waals surface area (Å²) in [6, 6.07) is 18.3. The fourth-order valence-electron chi connectivity index (χ4n) is 5.84. The van der Waals surface area contributed by atoms with Gasteiger partial charge in [0.05, 0.1) is 27.4 Å². The van der Waals surface area contributed by atoms with Crippen molar-refractivity contribution < 1.29 is 62.6 Å². The molecule has 0 aliphatic carbocycles. The summed E-state index contributed by atoms with van der Waals surface area (Å²) in [5.74, 6) is -4.17. The zero-order valence-electron chi connectivity index (χ0n) is 41.0. The minimum atomic E-state index is -1.82. The Kier molecular flexibility index (Phi) is 13.4. The summed E-state index contributed by atoms with van der Waals surface area (Å²) < 4.78 is 76.2. The summed E-state index contributed by atoms with van der Waals surface area (Å²) in [5.41, 5.74) is -3.24. The van der Waals surface area contributed by atoms with Gasteiger partial charge in [-0.05, 0) is 100 Å². The Morgan fingerprint density at radius 2 is 1.15 bits per heavy atom. The Bertz CT molecular complexity index is 2110. The average Bonchev–Trinajstić information content (AvgIpc) is 3.64. The van der Waals surface area contributed by atoms with Crippen molar-refractivity contribution in [1.82, 2.24) is 9.78 Å². The van der Waals surface area contributed by atoms with E-state index in [0.29, 0.717) is 11.3 Å². The van der Waals surface area contributed by atoms with Crippen molar-refractivity contribution >= 4 is 30.0 Å². The molecule has 1 aliphatic heterocycles. The smallest absolute Gasteiger partial charge is 0.435 e. The van der Waals surface area contributed by atoms with Crippen LogP contribution in [-0.2, 0) is 60.6 Å². The zero-order valence-corrected chi connectivity index (χ0v) is 37.0. The van der Waals surface area contributed by atoms with E-state index in [1.54, 1.807) is 12.1 Å². The molecule has 0 saturated carbocycles. The fourth-order valence-corrected chi connectivity index (χ4v) is 5.84. The first-order valence-electron chi connectivity index (χ1n) is 22.9. The first-order chi connectivity index (χ1) is 30.4. The fraction of sp³-hybridized carbons (Fsp3) is 0.574. The maximum Gasteiger partial charge on any atom is 0.435 e. The van der Waals surface area contributed by atoms with E-state index in [1.165, 1.54) is 55.4 Å². The van der Waals surface area contributed by atoms with Gasteiger partial charge < -0.3 is 33.2 Å². The molecule has 0 amide bonds. The third-order valence-corrected chi connectivity index (χ3v) is 9.27. The van der Waals surface area contributed by atoms with Crippen LogP contribution in [0.5, 0.6) is 5.88 Å². The van der Waals surface area contributed by atoms with Crippen molar-refractivity contribution in [3.05, 3.63) is 83.0 Å². The standard InChI is InChI=1S/C47H64N2O12/c1-28(2)33-31(25-29-21-17-15-18-22-29)37(48-49(33)43(54)56-26-30-23-19-16-20-24-30)61-38-36(60-42(53)47(12,13)14)35(59-41(52)46(9,10)11)34(58-40(51)45(6,7)8)32(57-38)27-55-39(50)44(3,4)5/h15-24,28,32,34-36,38H,25-27H2,1-14H3/t32-,34-,35+,36-,38?/m1/s1/i3D,6D,9D,12D. The quantitative estimate of drug-likeness (QED) is 0.126. The summed E-state index contributed by atoms with van der Waals surface area (Å²) in [4.78, 5) is 69.2. The molecule has 4 rings (SSSR count). The van der Waals surface area contributed by atoms with Crippen LogP contribution < -0.4 is 4.74 Å². The number of aromatic nitrogens is 2. The van der Waals surface area contributed by atoms with Crippen molar-refractivity contribution in [2.24, 2.45) is 21.7 Å². The third kappa shape index (κ3) is 12.9. The third-order valence-electron chi connectivity index (χ3n) is 9.27. The normalized spacial score (nSPS) is 20.6. The van der Waals surface area contributed by atoms with Crippen LogP contribution >= 0.6 is 0 Å². The van der Waals surface area contributed by atoms with Crippen molar-refractivity contribution in [2.75, 3.05) is 6.61 Å². The molecule has 1 aromatic heterocycles. The summed E-state index contributed by atoms with van der Waals surface area (Å²) in [6.07, 6.45) is -9.33. The van der Waals surface area contributed by atoms with E-state index >= 15 is 0 Å². The maximum absolute atomic E-state index is 14.0. The van der Waals surface area contributed by atoms with Crippen LogP contribution in [0.4, 0.5) is 4.79 Å².